The molecule has 4 N–H and O–H groups in total. The van der Waals surface area contributed by atoms with Gasteiger partial charge in [-0.15, -0.1) is 0 Å². The summed E-state index contributed by atoms with van der Waals surface area (Å²) in [5, 5.41) is 8.82. The maximum atomic E-state index is 8.82. The van der Waals surface area contributed by atoms with E-state index in [1.54, 1.807) is 0 Å². The van der Waals surface area contributed by atoms with Crippen molar-refractivity contribution in [3.63, 3.8) is 0 Å². The second-order valence-corrected chi connectivity index (χ2v) is 3.25. The largest absolute Gasteiger partial charge is 0.467 e. The average Bonchev–Trinajstić information content (AvgIpc) is 2.39. The van der Waals surface area contributed by atoms with E-state index in [0.29, 0.717) is 18.9 Å². The first-order valence-electron chi connectivity index (χ1n) is 5.37. The number of aromatic nitrogens is 3. The molecule has 1 heterocycles. The van der Waals surface area contributed by atoms with Crippen molar-refractivity contribution < 1.29 is 9.84 Å². The van der Waals surface area contributed by atoms with E-state index in [2.05, 4.69) is 20.4 Å². The van der Waals surface area contributed by atoms with E-state index in [9.17, 15) is 0 Å². The first kappa shape index (κ1) is 13.4. The molecule has 0 radical (unpaired) electrons. The number of anilines is 2. The fourth-order valence-corrected chi connectivity index (χ4v) is 1.30. The highest BCUT2D eigenvalue weighted by atomic mass is 16.5. The van der Waals surface area contributed by atoms with Crippen LogP contribution in [0.25, 0.3) is 0 Å². The Labute approximate surface area is 99.8 Å². The molecule has 0 aliphatic carbocycles. The molecule has 17 heavy (non-hydrogen) atoms. The van der Waals surface area contributed by atoms with Gasteiger partial charge < -0.3 is 14.7 Å². The Morgan fingerprint density at radius 2 is 2.18 bits per heavy atom. The average molecular weight is 242 g/mol. The quantitative estimate of drug-likeness (QED) is 0.428. The minimum atomic E-state index is 0.126. The Kier molecular flexibility index (Phi) is 5.37. The minimum Gasteiger partial charge on any atom is -0.467 e. The lowest BCUT2D eigenvalue weighted by Crippen LogP contribution is -2.27. The van der Waals surface area contributed by atoms with Gasteiger partial charge in [0, 0.05) is 19.7 Å². The number of hydrazine groups is 1. The van der Waals surface area contributed by atoms with Crippen LogP contribution in [0.2, 0.25) is 0 Å². The lowest BCUT2D eigenvalue weighted by Gasteiger charge is -2.20. The van der Waals surface area contributed by atoms with Crippen LogP contribution < -0.4 is 20.9 Å². The molecule has 0 aromatic carbocycles. The van der Waals surface area contributed by atoms with Crippen LogP contribution in [0.1, 0.15) is 13.3 Å². The van der Waals surface area contributed by atoms with Gasteiger partial charge in [0.2, 0.25) is 11.9 Å². The van der Waals surface area contributed by atoms with Gasteiger partial charge in [-0.2, -0.15) is 15.0 Å². The number of rotatable bonds is 7. The van der Waals surface area contributed by atoms with Crippen LogP contribution >= 0.6 is 0 Å². The number of nitrogens with zero attached hydrogens (tertiary/aromatic N) is 4. The predicted octanol–water partition coefficient (Wildman–Crippen LogP) is -0.625. The Hall–Kier alpha value is -1.67. The van der Waals surface area contributed by atoms with E-state index in [-0.39, 0.29) is 18.6 Å². The number of ether oxygens (including phenoxy) is 1. The normalized spacial score (nSPS) is 10.1. The summed E-state index contributed by atoms with van der Waals surface area (Å²) in [7, 11) is 1.48. The van der Waals surface area contributed by atoms with Gasteiger partial charge in [0.25, 0.3) is 0 Å². The van der Waals surface area contributed by atoms with Crippen molar-refractivity contribution in [1.82, 2.24) is 15.0 Å². The second kappa shape index (κ2) is 6.81. The van der Waals surface area contributed by atoms with Crippen molar-refractivity contribution in [2.45, 2.75) is 13.3 Å². The molecule has 0 spiro atoms. The van der Waals surface area contributed by atoms with Gasteiger partial charge in [0.15, 0.2) is 0 Å². The lowest BCUT2D eigenvalue weighted by molar-refractivity contribution is 0.289. The third kappa shape index (κ3) is 3.68. The highest BCUT2D eigenvalue weighted by molar-refractivity contribution is 5.37. The monoisotopic (exact) mass is 242 g/mol. The molecule has 8 heteroatoms. The van der Waals surface area contributed by atoms with Crippen molar-refractivity contribution in [2.75, 3.05) is 37.1 Å². The summed E-state index contributed by atoms with van der Waals surface area (Å²) in [6.07, 6.45) is 0.646. The standard InChI is InChI=1S/C9H18N6O2/c1-3-15(5-4-6-16)8-11-7(14-10)12-9(13-8)17-2/h16H,3-6,10H2,1-2H3,(H,11,12,13,14). The first-order valence-corrected chi connectivity index (χ1v) is 5.37. The van der Waals surface area contributed by atoms with Crippen LogP contribution in [0.4, 0.5) is 11.9 Å². The highest BCUT2D eigenvalue weighted by Crippen LogP contribution is 2.14. The SMILES string of the molecule is CCN(CCCO)c1nc(NN)nc(OC)n1. The van der Waals surface area contributed by atoms with Crippen LogP contribution in [-0.4, -0.2) is 46.9 Å². The van der Waals surface area contributed by atoms with Gasteiger partial charge in [-0.05, 0) is 13.3 Å². The van der Waals surface area contributed by atoms with Gasteiger partial charge in [-0.3, -0.25) is 5.43 Å². The molecule has 0 saturated carbocycles. The van der Waals surface area contributed by atoms with Crippen molar-refractivity contribution in [3.8, 4) is 6.01 Å². The summed E-state index contributed by atoms with van der Waals surface area (Å²) in [5.74, 6) is 5.98. The third-order valence-electron chi connectivity index (χ3n) is 2.17. The van der Waals surface area contributed by atoms with Gasteiger partial charge in [-0.25, -0.2) is 5.84 Å². The topological polar surface area (TPSA) is 109 Å². The zero-order valence-corrected chi connectivity index (χ0v) is 10.1. The van der Waals surface area contributed by atoms with Crippen LogP contribution in [0.15, 0.2) is 0 Å². The van der Waals surface area contributed by atoms with Gasteiger partial charge >= 0.3 is 6.01 Å². The Bertz CT molecular complexity index is 326. The fourth-order valence-electron chi connectivity index (χ4n) is 1.30. The van der Waals surface area contributed by atoms with Gasteiger partial charge in [0.1, 0.15) is 0 Å². The molecule has 0 aliphatic rings. The predicted molar refractivity (Wildman–Crippen MR) is 63.8 cm³/mol. The molecule has 8 nitrogen and oxygen atoms in total. The Morgan fingerprint density at radius 3 is 2.71 bits per heavy atom. The van der Waals surface area contributed by atoms with E-state index < -0.39 is 0 Å². The fraction of sp³-hybridized carbons (Fsp3) is 0.667. The van der Waals surface area contributed by atoms with Crippen molar-refractivity contribution >= 4 is 11.9 Å². The molecule has 0 atom stereocenters. The summed E-state index contributed by atoms with van der Waals surface area (Å²) < 4.78 is 4.96. The molecule has 1 rings (SSSR count). The van der Waals surface area contributed by atoms with E-state index in [1.165, 1.54) is 7.11 Å². The van der Waals surface area contributed by atoms with Crippen LogP contribution in [0, 0.1) is 0 Å². The number of nitrogens with two attached hydrogens (primary N) is 1. The molecule has 0 fully saturated rings. The van der Waals surface area contributed by atoms with Gasteiger partial charge in [-0.1, -0.05) is 0 Å². The molecule has 1 aromatic heterocycles. The van der Waals surface area contributed by atoms with Crippen LogP contribution in [0.5, 0.6) is 6.01 Å². The zero-order valence-electron chi connectivity index (χ0n) is 10.1. The number of methoxy groups -OCH3 is 1. The van der Waals surface area contributed by atoms with Crippen LogP contribution in [-0.2, 0) is 0 Å². The minimum absolute atomic E-state index is 0.126. The third-order valence-corrected chi connectivity index (χ3v) is 2.17. The Morgan fingerprint density at radius 1 is 1.41 bits per heavy atom. The summed E-state index contributed by atoms with van der Waals surface area (Å²) in [6, 6.07) is 0.199. The van der Waals surface area contributed by atoms with Gasteiger partial charge in [0.05, 0.1) is 7.11 Å². The zero-order chi connectivity index (χ0) is 12.7. The number of aliphatic hydroxyl groups is 1. The van der Waals surface area contributed by atoms with Crippen molar-refractivity contribution in [1.29, 1.82) is 0 Å². The van der Waals surface area contributed by atoms with E-state index in [1.807, 2.05) is 11.8 Å². The lowest BCUT2D eigenvalue weighted by atomic mass is 10.4. The van der Waals surface area contributed by atoms with E-state index in [0.717, 1.165) is 6.54 Å². The number of nitrogen functional groups attached to an aromatic ring is 1. The number of aliphatic hydroxyl groups excluding tert-OH is 1. The molecule has 0 amide bonds. The van der Waals surface area contributed by atoms with Crippen molar-refractivity contribution in [3.05, 3.63) is 0 Å². The Balaban J connectivity index is 2.92. The molecule has 0 aliphatic heterocycles. The van der Waals surface area contributed by atoms with Crippen LogP contribution in [0.3, 0.4) is 0 Å². The number of hydrogen-bond acceptors (Lipinski definition) is 8. The molecule has 0 unspecified atom stereocenters. The molecule has 1 aromatic rings. The summed E-state index contributed by atoms with van der Waals surface area (Å²) in [5.41, 5.74) is 2.36. The summed E-state index contributed by atoms with van der Waals surface area (Å²) in [6.45, 7) is 3.48. The molecule has 0 bridgehead atoms. The van der Waals surface area contributed by atoms with E-state index >= 15 is 0 Å². The molecular formula is C9H18N6O2. The molecule has 0 saturated heterocycles. The number of hydrogen-bond donors (Lipinski definition) is 3. The first-order chi connectivity index (χ1) is 8.24. The highest BCUT2D eigenvalue weighted by Gasteiger charge is 2.11. The maximum absolute atomic E-state index is 8.82. The van der Waals surface area contributed by atoms with Crippen molar-refractivity contribution in [2.24, 2.45) is 5.84 Å². The van der Waals surface area contributed by atoms with E-state index in [4.69, 9.17) is 15.7 Å². The molecular weight excluding hydrogens is 224 g/mol. The number of nitrogens with one attached hydrogen (secondary N) is 1. The summed E-state index contributed by atoms with van der Waals surface area (Å²) in [4.78, 5) is 14.1. The maximum Gasteiger partial charge on any atom is 0.322 e. The summed E-state index contributed by atoms with van der Waals surface area (Å²) >= 11 is 0. The smallest absolute Gasteiger partial charge is 0.322 e. The molecule has 96 valence electrons. The second-order valence-electron chi connectivity index (χ2n) is 3.25.